The van der Waals surface area contributed by atoms with Crippen LogP contribution < -0.4 is 5.32 Å². The average Bonchev–Trinajstić information content (AvgIpc) is 1.97. The summed E-state index contributed by atoms with van der Waals surface area (Å²) >= 11 is 0. The first-order valence-corrected chi connectivity index (χ1v) is 5.02. The van der Waals surface area contributed by atoms with Crippen molar-refractivity contribution >= 4 is 6.03 Å². The van der Waals surface area contributed by atoms with Crippen LogP contribution in [0.2, 0.25) is 0 Å². The summed E-state index contributed by atoms with van der Waals surface area (Å²) in [5, 5.41) is 2.89. The van der Waals surface area contributed by atoms with Gasteiger partial charge in [0.1, 0.15) is 0 Å². The van der Waals surface area contributed by atoms with E-state index in [1.807, 2.05) is 18.7 Å². The van der Waals surface area contributed by atoms with Crippen molar-refractivity contribution in [2.45, 2.75) is 40.2 Å². The smallest absolute Gasteiger partial charge is 0.317 e. The van der Waals surface area contributed by atoms with Crippen molar-refractivity contribution in [2.24, 2.45) is 5.41 Å². The molecule has 3 nitrogen and oxygen atoms in total. The molecule has 0 aromatic carbocycles. The maximum absolute atomic E-state index is 11.5. The summed E-state index contributed by atoms with van der Waals surface area (Å²) in [6.45, 7) is 10.2. The summed E-state index contributed by atoms with van der Waals surface area (Å²) in [6.07, 6.45) is 1.15. The number of nitrogens with zero attached hydrogens (tertiary/aromatic N) is 1. The molecule has 1 aliphatic heterocycles. The van der Waals surface area contributed by atoms with Crippen molar-refractivity contribution in [2.75, 3.05) is 13.1 Å². The molecule has 1 N–H and O–H groups in total. The fourth-order valence-electron chi connectivity index (χ4n) is 1.58. The Labute approximate surface area is 80.5 Å². The van der Waals surface area contributed by atoms with Crippen molar-refractivity contribution in [3.05, 3.63) is 0 Å². The van der Waals surface area contributed by atoms with E-state index in [1.165, 1.54) is 0 Å². The van der Waals surface area contributed by atoms with E-state index in [0.717, 1.165) is 19.5 Å². The van der Waals surface area contributed by atoms with Gasteiger partial charge >= 0.3 is 6.03 Å². The summed E-state index contributed by atoms with van der Waals surface area (Å²) in [5.74, 6) is 0. The van der Waals surface area contributed by atoms with E-state index in [-0.39, 0.29) is 12.1 Å². The van der Waals surface area contributed by atoms with Gasteiger partial charge in [-0.25, -0.2) is 4.79 Å². The molecule has 0 aromatic heterocycles. The van der Waals surface area contributed by atoms with Crippen LogP contribution in [0.5, 0.6) is 0 Å². The average molecular weight is 184 g/mol. The molecule has 1 aliphatic rings. The number of rotatable bonds is 2. The quantitative estimate of drug-likeness (QED) is 0.697. The van der Waals surface area contributed by atoms with Crippen LogP contribution in [-0.2, 0) is 0 Å². The number of nitrogens with one attached hydrogen (secondary N) is 1. The minimum Gasteiger partial charge on any atom is -0.336 e. The van der Waals surface area contributed by atoms with Gasteiger partial charge in [-0.2, -0.15) is 0 Å². The summed E-state index contributed by atoms with van der Waals surface area (Å²) < 4.78 is 0. The van der Waals surface area contributed by atoms with Crippen LogP contribution >= 0.6 is 0 Å². The Kier molecular flexibility index (Phi) is 2.84. The maximum atomic E-state index is 11.5. The zero-order valence-corrected chi connectivity index (χ0v) is 9.05. The van der Waals surface area contributed by atoms with Gasteiger partial charge in [0.05, 0.1) is 0 Å². The number of carbonyl (C=O) groups is 1. The van der Waals surface area contributed by atoms with Crippen LogP contribution in [0.3, 0.4) is 0 Å². The first kappa shape index (κ1) is 10.4. The monoisotopic (exact) mass is 184 g/mol. The first-order valence-electron chi connectivity index (χ1n) is 5.02. The summed E-state index contributed by atoms with van der Waals surface area (Å²) in [7, 11) is 0. The van der Waals surface area contributed by atoms with Gasteiger partial charge in [-0.3, -0.25) is 0 Å². The van der Waals surface area contributed by atoms with Crippen LogP contribution in [0.4, 0.5) is 4.79 Å². The highest BCUT2D eigenvalue weighted by atomic mass is 16.2. The third-order valence-electron chi connectivity index (χ3n) is 2.70. The normalized spacial score (nSPS) is 19.9. The molecular weight excluding hydrogens is 164 g/mol. The lowest BCUT2D eigenvalue weighted by Crippen LogP contribution is -2.60. The number of amides is 2. The van der Waals surface area contributed by atoms with Crippen LogP contribution in [0, 0.1) is 5.41 Å². The van der Waals surface area contributed by atoms with Crippen LogP contribution in [-0.4, -0.2) is 30.1 Å². The van der Waals surface area contributed by atoms with Crippen LogP contribution in [0.25, 0.3) is 0 Å². The number of carbonyl (C=O) groups excluding carboxylic acids is 1. The second-order valence-electron chi connectivity index (χ2n) is 4.62. The second kappa shape index (κ2) is 3.56. The van der Waals surface area contributed by atoms with E-state index in [9.17, 15) is 4.79 Å². The highest BCUT2D eigenvalue weighted by Crippen LogP contribution is 2.32. The molecule has 1 saturated heterocycles. The standard InChI is InChI=1S/C10H20N2O/c1-5-10(4)6-12(7-10)9(13)11-8(2)3/h8H,5-7H2,1-4H3,(H,11,13). The van der Waals surface area contributed by atoms with Gasteiger partial charge in [0, 0.05) is 24.5 Å². The van der Waals surface area contributed by atoms with Crippen molar-refractivity contribution in [1.82, 2.24) is 10.2 Å². The summed E-state index contributed by atoms with van der Waals surface area (Å²) in [5.41, 5.74) is 0.369. The highest BCUT2D eigenvalue weighted by molar-refractivity contribution is 5.75. The fraction of sp³-hybridized carbons (Fsp3) is 0.900. The van der Waals surface area contributed by atoms with Gasteiger partial charge in [0.2, 0.25) is 0 Å². The lowest BCUT2D eigenvalue weighted by atomic mass is 9.80. The molecule has 0 saturated carbocycles. The van der Waals surface area contributed by atoms with Crippen LogP contribution in [0.15, 0.2) is 0 Å². The molecule has 0 atom stereocenters. The number of hydrogen-bond donors (Lipinski definition) is 1. The molecule has 0 aliphatic carbocycles. The second-order valence-corrected chi connectivity index (χ2v) is 4.62. The van der Waals surface area contributed by atoms with E-state index in [4.69, 9.17) is 0 Å². The Morgan fingerprint density at radius 2 is 2.08 bits per heavy atom. The topological polar surface area (TPSA) is 32.3 Å². The van der Waals surface area contributed by atoms with E-state index < -0.39 is 0 Å². The van der Waals surface area contributed by atoms with Gasteiger partial charge < -0.3 is 10.2 Å². The zero-order chi connectivity index (χ0) is 10.1. The van der Waals surface area contributed by atoms with E-state index >= 15 is 0 Å². The van der Waals surface area contributed by atoms with Crippen LogP contribution in [0.1, 0.15) is 34.1 Å². The van der Waals surface area contributed by atoms with E-state index in [0.29, 0.717) is 5.41 Å². The number of likely N-dealkylation sites (tertiary alicyclic amines) is 1. The van der Waals surface area contributed by atoms with Crippen molar-refractivity contribution in [3.63, 3.8) is 0 Å². The number of hydrogen-bond acceptors (Lipinski definition) is 1. The summed E-state index contributed by atoms with van der Waals surface area (Å²) in [4.78, 5) is 13.3. The third-order valence-corrected chi connectivity index (χ3v) is 2.70. The van der Waals surface area contributed by atoms with Crippen molar-refractivity contribution < 1.29 is 4.79 Å². The third kappa shape index (κ3) is 2.36. The molecule has 1 fully saturated rings. The molecule has 13 heavy (non-hydrogen) atoms. The Balaban J connectivity index is 2.31. The highest BCUT2D eigenvalue weighted by Gasteiger charge is 2.39. The largest absolute Gasteiger partial charge is 0.336 e. The molecule has 76 valence electrons. The first-order chi connectivity index (χ1) is 5.97. The Morgan fingerprint density at radius 3 is 2.46 bits per heavy atom. The van der Waals surface area contributed by atoms with E-state index in [2.05, 4.69) is 19.2 Å². The van der Waals surface area contributed by atoms with Crippen molar-refractivity contribution in [1.29, 1.82) is 0 Å². The predicted octanol–water partition coefficient (Wildman–Crippen LogP) is 1.84. The molecule has 2 amide bonds. The Morgan fingerprint density at radius 1 is 1.54 bits per heavy atom. The molecule has 3 heteroatoms. The maximum Gasteiger partial charge on any atom is 0.317 e. The molecule has 0 spiro atoms. The molecule has 1 heterocycles. The molecule has 0 aromatic rings. The molecule has 0 bridgehead atoms. The summed E-state index contributed by atoms with van der Waals surface area (Å²) in [6, 6.07) is 0.321. The molecule has 0 unspecified atom stereocenters. The zero-order valence-electron chi connectivity index (χ0n) is 9.05. The van der Waals surface area contributed by atoms with Gasteiger partial charge in [0.15, 0.2) is 0 Å². The Bertz CT molecular complexity index is 195. The predicted molar refractivity (Wildman–Crippen MR) is 53.6 cm³/mol. The van der Waals surface area contributed by atoms with Gasteiger partial charge in [-0.05, 0) is 20.3 Å². The lowest BCUT2D eigenvalue weighted by Gasteiger charge is -2.47. The minimum atomic E-state index is 0.0842. The molecular formula is C10H20N2O. The van der Waals surface area contributed by atoms with Crippen molar-refractivity contribution in [3.8, 4) is 0 Å². The van der Waals surface area contributed by atoms with E-state index in [1.54, 1.807) is 0 Å². The SMILES string of the molecule is CCC1(C)CN(C(=O)NC(C)C)C1. The van der Waals surface area contributed by atoms with Gasteiger partial charge in [-0.15, -0.1) is 0 Å². The minimum absolute atomic E-state index is 0.0842. The van der Waals surface area contributed by atoms with Gasteiger partial charge in [-0.1, -0.05) is 13.8 Å². The molecule has 0 radical (unpaired) electrons. The molecule has 1 rings (SSSR count). The van der Waals surface area contributed by atoms with Gasteiger partial charge in [0.25, 0.3) is 0 Å². The lowest BCUT2D eigenvalue weighted by molar-refractivity contribution is 0.0428. The fourth-order valence-corrected chi connectivity index (χ4v) is 1.58. The number of urea groups is 1. The Hall–Kier alpha value is -0.730.